The van der Waals surface area contributed by atoms with E-state index >= 15 is 0 Å². The first-order valence-electron chi connectivity index (χ1n) is 9.17. The van der Waals surface area contributed by atoms with Crippen molar-refractivity contribution >= 4 is 17.4 Å². The molecule has 0 fully saturated rings. The number of rotatable bonds is 7. The zero-order chi connectivity index (χ0) is 20.8. The van der Waals surface area contributed by atoms with Crippen molar-refractivity contribution < 1.29 is 14.3 Å². The van der Waals surface area contributed by atoms with E-state index in [0.29, 0.717) is 41.1 Å². The third-order valence-corrected chi connectivity index (χ3v) is 4.32. The number of methoxy groups -OCH3 is 2. The molecular formula is C22H24N4O3. The lowest BCUT2D eigenvalue weighted by atomic mass is 10.1. The number of hydrogen-bond donors (Lipinski definition) is 2. The predicted octanol–water partition coefficient (Wildman–Crippen LogP) is 3.78. The first-order valence-corrected chi connectivity index (χ1v) is 9.17. The maximum absolute atomic E-state index is 12.6. The van der Waals surface area contributed by atoms with E-state index in [0.717, 1.165) is 5.56 Å². The van der Waals surface area contributed by atoms with Crippen LogP contribution in [0.25, 0.3) is 0 Å². The summed E-state index contributed by atoms with van der Waals surface area (Å²) in [6.07, 6.45) is 0. The van der Waals surface area contributed by atoms with Gasteiger partial charge in [0.25, 0.3) is 5.91 Å². The Morgan fingerprint density at radius 3 is 2.41 bits per heavy atom. The Kier molecular flexibility index (Phi) is 6.29. The molecule has 2 aromatic carbocycles. The average Bonchev–Trinajstić information content (AvgIpc) is 2.73. The van der Waals surface area contributed by atoms with Gasteiger partial charge in [-0.15, -0.1) is 0 Å². The number of carbonyl (C=O) groups excluding carboxylic acids is 1. The van der Waals surface area contributed by atoms with Gasteiger partial charge >= 0.3 is 0 Å². The van der Waals surface area contributed by atoms with E-state index in [1.807, 2.05) is 43.3 Å². The third-order valence-electron chi connectivity index (χ3n) is 4.32. The topological polar surface area (TPSA) is 85.4 Å². The van der Waals surface area contributed by atoms with Gasteiger partial charge < -0.3 is 20.1 Å². The molecule has 0 unspecified atom stereocenters. The quantitative estimate of drug-likeness (QED) is 0.636. The van der Waals surface area contributed by atoms with Gasteiger partial charge in [-0.25, -0.2) is 9.97 Å². The number of aryl methyl sites for hydroxylation is 2. The Morgan fingerprint density at radius 1 is 0.966 bits per heavy atom. The first kappa shape index (κ1) is 20.1. The van der Waals surface area contributed by atoms with Crippen molar-refractivity contribution in [1.82, 2.24) is 15.3 Å². The Balaban J connectivity index is 1.75. The highest BCUT2D eigenvalue weighted by Crippen LogP contribution is 2.31. The van der Waals surface area contributed by atoms with Crippen molar-refractivity contribution in [2.45, 2.75) is 20.4 Å². The zero-order valence-electron chi connectivity index (χ0n) is 16.9. The Hall–Kier alpha value is -3.61. The van der Waals surface area contributed by atoms with E-state index in [-0.39, 0.29) is 5.91 Å². The van der Waals surface area contributed by atoms with Crippen molar-refractivity contribution in [3.05, 3.63) is 71.2 Å². The van der Waals surface area contributed by atoms with Crippen LogP contribution in [0.2, 0.25) is 0 Å². The summed E-state index contributed by atoms with van der Waals surface area (Å²) in [5, 5.41) is 6.07. The van der Waals surface area contributed by atoms with Gasteiger partial charge in [-0.05, 0) is 31.5 Å². The molecule has 1 amide bonds. The average molecular weight is 392 g/mol. The minimum absolute atomic E-state index is 0.263. The minimum atomic E-state index is -0.263. The van der Waals surface area contributed by atoms with Crippen LogP contribution in [-0.2, 0) is 6.54 Å². The van der Waals surface area contributed by atoms with Crippen LogP contribution in [0.5, 0.6) is 11.5 Å². The largest absolute Gasteiger partial charge is 0.497 e. The summed E-state index contributed by atoms with van der Waals surface area (Å²) in [7, 11) is 3.17. The fraction of sp³-hybridized carbons (Fsp3) is 0.227. The number of ether oxygens (including phenoxy) is 2. The summed E-state index contributed by atoms with van der Waals surface area (Å²) in [6.45, 7) is 4.20. The van der Waals surface area contributed by atoms with Gasteiger partial charge in [0.1, 0.15) is 28.8 Å². The lowest BCUT2D eigenvalue weighted by Crippen LogP contribution is -2.24. The summed E-state index contributed by atoms with van der Waals surface area (Å²) in [5.41, 5.74) is 3.20. The molecule has 0 spiro atoms. The highest BCUT2D eigenvalue weighted by molar-refractivity contribution is 5.93. The molecule has 29 heavy (non-hydrogen) atoms. The summed E-state index contributed by atoms with van der Waals surface area (Å²) in [5.74, 6) is 2.01. The molecule has 0 aliphatic heterocycles. The van der Waals surface area contributed by atoms with Crippen LogP contribution in [0.15, 0.2) is 48.5 Å². The van der Waals surface area contributed by atoms with Crippen LogP contribution in [0, 0.1) is 13.8 Å². The van der Waals surface area contributed by atoms with E-state index in [1.54, 1.807) is 33.3 Å². The molecule has 150 valence electrons. The highest BCUT2D eigenvalue weighted by Gasteiger charge is 2.12. The molecule has 1 heterocycles. The summed E-state index contributed by atoms with van der Waals surface area (Å²) in [4.78, 5) is 21.2. The summed E-state index contributed by atoms with van der Waals surface area (Å²) < 4.78 is 10.6. The number of carbonyl (C=O) groups is 1. The molecular weight excluding hydrogens is 368 g/mol. The fourth-order valence-corrected chi connectivity index (χ4v) is 2.77. The lowest BCUT2D eigenvalue weighted by Gasteiger charge is -2.13. The van der Waals surface area contributed by atoms with E-state index in [4.69, 9.17) is 9.47 Å². The van der Waals surface area contributed by atoms with Crippen LogP contribution in [0.4, 0.5) is 11.5 Å². The second kappa shape index (κ2) is 9.05. The molecule has 0 radical (unpaired) electrons. The molecule has 2 N–H and O–H groups in total. The summed E-state index contributed by atoms with van der Waals surface area (Å²) >= 11 is 0. The van der Waals surface area contributed by atoms with E-state index in [9.17, 15) is 4.79 Å². The second-order valence-corrected chi connectivity index (χ2v) is 6.55. The van der Waals surface area contributed by atoms with Crippen molar-refractivity contribution in [2.75, 3.05) is 19.5 Å². The maximum atomic E-state index is 12.6. The number of nitrogens with zero attached hydrogens (tertiary/aromatic N) is 2. The SMILES string of the molecule is COc1ccc(Nc2cc(C(=O)NCc3ccc(C)cc3)nc(C)n2)c(OC)c1. The van der Waals surface area contributed by atoms with Crippen molar-refractivity contribution in [1.29, 1.82) is 0 Å². The Bertz CT molecular complexity index is 1000. The van der Waals surface area contributed by atoms with Gasteiger partial charge in [0.15, 0.2) is 0 Å². The second-order valence-electron chi connectivity index (χ2n) is 6.55. The minimum Gasteiger partial charge on any atom is -0.497 e. The van der Waals surface area contributed by atoms with E-state index < -0.39 is 0 Å². The monoisotopic (exact) mass is 392 g/mol. The Morgan fingerprint density at radius 2 is 1.72 bits per heavy atom. The molecule has 3 aromatic rings. The number of nitrogens with one attached hydrogen (secondary N) is 2. The molecule has 0 saturated heterocycles. The number of benzene rings is 2. The normalized spacial score (nSPS) is 10.3. The van der Waals surface area contributed by atoms with Gasteiger partial charge in [-0.2, -0.15) is 0 Å². The van der Waals surface area contributed by atoms with Gasteiger partial charge in [0, 0.05) is 18.7 Å². The zero-order valence-corrected chi connectivity index (χ0v) is 16.9. The van der Waals surface area contributed by atoms with Crippen LogP contribution in [0.3, 0.4) is 0 Å². The number of hydrogen-bond acceptors (Lipinski definition) is 6. The van der Waals surface area contributed by atoms with Gasteiger partial charge in [-0.1, -0.05) is 29.8 Å². The van der Waals surface area contributed by atoms with Crippen LogP contribution < -0.4 is 20.1 Å². The molecule has 0 atom stereocenters. The highest BCUT2D eigenvalue weighted by atomic mass is 16.5. The molecule has 7 heteroatoms. The van der Waals surface area contributed by atoms with E-state index in [2.05, 4.69) is 20.6 Å². The smallest absolute Gasteiger partial charge is 0.270 e. The molecule has 1 aromatic heterocycles. The van der Waals surface area contributed by atoms with Gasteiger partial charge in [0.05, 0.1) is 19.9 Å². The fourth-order valence-electron chi connectivity index (χ4n) is 2.77. The van der Waals surface area contributed by atoms with Gasteiger partial charge in [0.2, 0.25) is 0 Å². The number of aromatic nitrogens is 2. The predicted molar refractivity (Wildman–Crippen MR) is 112 cm³/mol. The van der Waals surface area contributed by atoms with Crippen molar-refractivity contribution in [2.24, 2.45) is 0 Å². The molecule has 0 aliphatic carbocycles. The van der Waals surface area contributed by atoms with Crippen LogP contribution in [0.1, 0.15) is 27.4 Å². The van der Waals surface area contributed by atoms with Gasteiger partial charge in [-0.3, -0.25) is 4.79 Å². The number of amides is 1. The molecule has 3 rings (SSSR count). The summed E-state index contributed by atoms with van der Waals surface area (Å²) in [6, 6.07) is 15.0. The van der Waals surface area contributed by atoms with E-state index in [1.165, 1.54) is 5.56 Å². The Labute approximate surface area is 170 Å². The standard InChI is InChI=1S/C22H24N4O3/c1-14-5-7-16(8-6-14)13-23-22(27)19-12-21(25-15(2)24-19)26-18-10-9-17(28-3)11-20(18)29-4/h5-12H,13H2,1-4H3,(H,23,27)(H,24,25,26). The first-order chi connectivity index (χ1) is 14.0. The number of anilines is 2. The molecule has 7 nitrogen and oxygen atoms in total. The molecule has 0 bridgehead atoms. The van der Waals surface area contributed by atoms with Crippen molar-refractivity contribution in [3.63, 3.8) is 0 Å². The van der Waals surface area contributed by atoms with Crippen LogP contribution in [-0.4, -0.2) is 30.1 Å². The molecule has 0 aliphatic rings. The third kappa shape index (κ3) is 5.22. The van der Waals surface area contributed by atoms with Crippen molar-refractivity contribution in [3.8, 4) is 11.5 Å². The lowest BCUT2D eigenvalue weighted by molar-refractivity contribution is 0.0945. The van der Waals surface area contributed by atoms with Crippen LogP contribution >= 0.6 is 0 Å². The maximum Gasteiger partial charge on any atom is 0.270 e. The molecule has 0 saturated carbocycles.